The maximum Gasteiger partial charge on any atom is 0.0992 e. The standard InChI is InChI=1S/C12H14ClN/c1-8-10(12(2,3)4)5-9(7-14)6-11(8)13/h5-6H,1-4H3. The lowest BCUT2D eigenvalue weighted by Crippen LogP contribution is -2.13. The first-order chi connectivity index (χ1) is 6.36. The average Bonchev–Trinajstić information content (AvgIpc) is 2.07. The van der Waals surface area contributed by atoms with Gasteiger partial charge >= 0.3 is 0 Å². The Morgan fingerprint density at radius 3 is 2.29 bits per heavy atom. The van der Waals surface area contributed by atoms with Crippen molar-refractivity contribution in [1.29, 1.82) is 5.26 Å². The highest BCUT2D eigenvalue weighted by atomic mass is 35.5. The molecule has 0 saturated heterocycles. The summed E-state index contributed by atoms with van der Waals surface area (Å²) in [6, 6.07) is 5.76. The number of rotatable bonds is 0. The third kappa shape index (κ3) is 2.08. The maximum absolute atomic E-state index is 8.83. The highest BCUT2D eigenvalue weighted by molar-refractivity contribution is 6.31. The van der Waals surface area contributed by atoms with Crippen molar-refractivity contribution in [3.63, 3.8) is 0 Å². The van der Waals surface area contributed by atoms with Crippen molar-refractivity contribution in [2.24, 2.45) is 0 Å². The van der Waals surface area contributed by atoms with Crippen LogP contribution < -0.4 is 0 Å². The molecule has 14 heavy (non-hydrogen) atoms. The summed E-state index contributed by atoms with van der Waals surface area (Å²) < 4.78 is 0. The van der Waals surface area contributed by atoms with E-state index in [4.69, 9.17) is 16.9 Å². The minimum absolute atomic E-state index is 0.0284. The lowest BCUT2D eigenvalue weighted by atomic mass is 9.83. The summed E-state index contributed by atoms with van der Waals surface area (Å²) in [7, 11) is 0. The first-order valence-electron chi connectivity index (χ1n) is 4.57. The van der Waals surface area contributed by atoms with Gasteiger partial charge in [-0.15, -0.1) is 0 Å². The molecule has 1 aromatic carbocycles. The molecule has 1 aromatic rings. The highest BCUT2D eigenvalue weighted by Gasteiger charge is 2.18. The Hall–Kier alpha value is -1.00. The van der Waals surface area contributed by atoms with Crippen LogP contribution in [0.1, 0.15) is 37.5 Å². The summed E-state index contributed by atoms with van der Waals surface area (Å²) in [4.78, 5) is 0. The van der Waals surface area contributed by atoms with Crippen molar-refractivity contribution in [3.05, 3.63) is 33.8 Å². The molecule has 0 aliphatic heterocycles. The zero-order chi connectivity index (χ0) is 10.9. The van der Waals surface area contributed by atoms with Gasteiger partial charge in [-0.3, -0.25) is 0 Å². The lowest BCUT2D eigenvalue weighted by Gasteiger charge is -2.22. The largest absolute Gasteiger partial charge is 0.192 e. The van der Waals surface area contributed by atoms with Gasteiger partial charge in [-0.2, -0.15) is 5.26 Å². The summed E-state index contributed by atoms with van der Waals surface area (Å²) in [6.07, 6.45) is 0. The quantitative estimate of drug-likeness (QED) is 0.635. The van der Waals surface area contributed by atoms with Gasteiger partial charge in [0.25, 0.3) is 0 Å². The van der Waals surface area contributed by atoms with Gasteiger partial charge in [-0.25, -0.2) is 0 Å². The number of hydrogen-bond donors (Lipinski definition) is 0. The fourth-order valence-electron chi connectivity index (χ4n) is 1.52. The van der Waals surface area contributed by atoms with E-state index >= 15 is 0 Å². The second kappa shape index (κ2) is 3.63. The highest BCUT2D eigenvalue weighted by Crippen LogP contribution is 2.30. The van der Waals surface area contributed by atoms with Gasteiger partial charge in [-0.1, -0.05) is 32.4 Å². The van der Waals surface area contributed by atoms with E-state index in [-0.39, 0.29) is 5.41 Å². The number of halogens is 1. The predicted octanol–water partition coefficient (Wildman–Crippen LogP) is 3.82. The molecule has 0 aliphatic rings. The van der Waals surface area contributed by atoms with Crippen LogP contribution in [0.5, 0.6) is 0 Å². The molecule has 0 aromatic heterocycles. The maximum atomic E-state index is 8.83. The molecule has 0 bridgehead atoms. The number of hydrogen-bond acceptors (Lipinski definition) is 1. The van der Waals surface area contributed by atoms with Crippen LogP contribution in [0.25, 0.3) is 0 Å². The summed E-state index contributed by atoms with van der Waals surface area (Å²) >= 11 is 6.05. The Bertz CT molecular complexity index is 394. The molecule has 0 atom stereocenters. The van der Waals surface area contributed by atoms with E-state index in [1.807, 2.05) is 13.0 Å². The molecule has 74 valence electrons. The van der Waals surface area contributed by atoms with Crippen LogP contribution in [-0.2, 0) is 5.41 Å². The number of nitrogens with zero attached hydrogens (tertiary/aromatic N) is 1. The fraction of sp³-hybridized carbons (Fsp3) is 0.417. The molecule has 0 heterocycles. The van der Waals surface area contributed by atoms with Gasteiger partial charge in [0.2, 0.25) is 0 Å². The monoisotopic (exact) mass is 207 g/mol. The minimum atomic E-state index is 0.0284. The minimum Gasteiger partial charge on any atom is -0.192 e. The van der Waals surface area contributed by atoms with Crippen molar-refractivity contribution < 1.29 is 0 Å². The normalized spacial score (nSPS) is 11.1. The molecule has 2 heteroatoms. The van der Waals surface area contributed by atoms with E-state index in [0.29, 0.717) is 10.6 Å². The third-order valence-electron chi connectivity index (χ3n) is 2.28. The van der Waals surface area contributed by atoms with Gasteiger partial charge in [-0.05, 0) is 35.6 Å². The van der Waals surface area contributed by atoms with Crippen molar-refractivity contribution in [2.45, 2.75) is 33.1 Å². The molecule has 0 N–H and O–H groups in total. The van der Waals surface area contributed by atoms with Crippen molar-refractivity contribution in [3.8, 4) is 6.07 Å². The Morgan fingerprint density at radius 2 is 1.86 bits per heavy atom. The summed E-state index contributed by atoms with van der Waals surface area (Å²) in [5, 5.41) is 9.51. The van der Waals surface area contributed by atoms with E-state index in [2.05, 4.69) is 26.8 Å². The van der Waals surface area contributed by atoms with E-state index in [1.54, 1.807) is 6.07 Å². The molecule has 0 saturated carbocycles. The molecule has 1 rings (SSSR count). The topological polar surface area (TPSA) is 23.8 Å². The Labute approximate surface area is 90.3 Å². The van der Waals surface area contributed by atoms with Gasteiger partial charge in [0, 0.05) is 5.02 Å². The summed E-state index contributed by atoms with van der Waals surface area (Å²) in [5.41, 5.74) is 2.87. The van der Waals surface area contributed by atoms with Crippen LogP contribution in [-0.4, -0.2) is 0 Å². The Kier molecular flexibility index (Phi) is 2.87. The Balaban J connectivity index is 3.44. The molecule has 0 amide bonds. The average molecular weight is 208 g/mol. The van der Waals surface area contributed by atoms with Crippen molar-refractivity contribution in [2.75, 3.05) is 0 Å². The van der Waals surface area contributed by atoms with Gasteiger partial charge in [0.1, 0.15) is 0 Å². The molecular weight excluding hydrogens is 194 g/mol. The lowest BCUT2D eigenvalue weighted by molar-refractivity contribution is 0.586. The molecule has 0 fully saturated rings. The van der Waals surface area contributed by atoms with Gasteiger partial charge in [0.05, 0.1) is 11.6 Å². The molecule has 0 radical (unpaired) electrons. The Morgan fingerprint density at radius 1 is 1.29 bits per heavy atom. The molecule has 0 spiro atoms. The van der Waals surface area contributed by atoms with Crippen LogP contribution in [0, 0.1) is 18.3 Å². The van der Waals surface area contributed by atoms with E-state index < -0.39 is 0 Å². The SMILES string of the molecule is Cc1c(Cl)cc(C#N)cc1C(C)(C)C. The molecular formula is C12H14ClN. The van der Waals surface area contributed by atoms with Crippen LogP contribution in [0.3, 0.4) is 0 Å². The smallest absolute Gasteiger partial charge is 0.0992 e. The summed E-state index contributed by atoms with van der Waals surface area (Å²) in [6.45, 7) is 8.34. The predicted molar refractivity (Wildman–Crippen MR) is 59.6 cm³/mol. The number of nitriles is 1. The van der Waals surface area contributed by atoms with E-state index in [0.717, 1.165) is 11.1 Å². The van der Waals surface area contributed by atoms with Crippen molar-refractivity contribution >= 4 is 11.6 Å². The zero-order valence-electron chi connectivity index (χ0n) is 8.98. The molecule has 1 nitrogen and oxygen atoms in total. The van der Waals surface area contributed by atoms with Crippen molar-refractivity contribution in [1.82, 2.24) is 0 Å². The molecule has 0 unspecified atom stereocenters. The van der Waals surface area contributed by atoms with Crippen LogP contribution >= 0.6 is 11.6 Å². The van der Waals surface area contributed by atoms with Gasteiger partial charge in [0.15, 0.2) is 0 Å². The van der Waals surface area contributed by atoms with Crippen LogP contribution in [0.2, 0.25) is 5.02 Å². The van der Waals surface area contributed by atoms with E-state index in [9.17, 15) is 0 Å². The third-order valence-corrected chi connectivity index (χ3v) is 2.67. The van der Waals surface area contributed by atoms with Crippen LogP contribution in [0.4, 0.5) is 0 Å². The van der Waals surface area contributed by atoms with Crippen LogP contribution in [0.15, 0.2) is 12.1 Å². The summed E-state index contributed by atoms with van der Waals surface area (Å²) in [5.74, 6) is 0. The second-order valence-electron chi connectivity index (χ2n) is 4.49. The fourth-order valence-corrected chi connectivity index (χ4v) is 1.74. The first-order valence-corrected chi connectivity index (χ1v) is 4.95. The second-order valence-corrected chi connectivity index (χ2v) is 4.90. The zero-order valence-corrected chi connectivity index (χ0v) is 9.74. The first kappa shape index (κ1) is 11.1. The van der Waals surface area contributed by atoms with Gasteiger partial charge < -0.3 is 0 Å². The van der Waals surface area contributed by atoms with E-state index in [1.165, 1.54) is 0 Å². The molecule has 0 aliphatic carbocycles. The number of benzene rings is 1.